The molecule has 41 heavy (non-hydrogen) atoms. The minimum absolute atomic E-state index is 0.0271. The Balaban J connectivity index is 1.11. The van der Waals surface area contributed by atoms with E-state index in [0.29, 0.717) is 34.2 Å². The van der Waals surface area contributed by atoms with Crippen LogP contribution in [0.25, 0.3) is 0 Å². The number of rotatable bonds is 10. The van der Waals surface area contributed by atoms with E-state index < -0.39 is 0 Å². The van der Waals surface area contributed by atoms with E-state index >= 15 is 0 Å². The molecule has 2 aromatic carbocycles. The smallest absolute Gasteiger partial charge is 0.251 e. The molecule has 2 saturated heterocycles. The minimum Gasteiger partial charge on any atom is -0.367 e. The molecular formula is C31H38Cl2N6OS. The van der Waals surface area contributed by atoms with Crippen molar-refractivity contribution in [2.24, 2.45) is 0 Å². The predicted octanol–water partition coefficient (Wildman–Crippen LogP) is 6.40. The van der Waals surface area contributed by atoms with Gasteiger partial charge in [0, 0.05) is 62.7 Å². The van der Waals surface area contributed by atoms with Crippen molar-refractivity contribution in [3.05, 3.63) is 75.9 Å². The molecule has 1 unspecified atom stereocenters. The molecule has 2 aliphatic heterocycles. The Labute approximate surface area is 257 Å². The SMILES string of the molecule is CC1CCCCN1CCCNC(=O)c1cccc(CSc2nc(Cl)cc(N3CCN(c4ccccc4Cl)CC3)n2)c1. The summed E-state index contributed by atoms with van der Waals surface area (Å²) in [6.07, 6.45) is 4.86. The first-order valence-electron chi connectivity index (χ1n) is 14.5. The number of carbonyl (C=O) groups is 1. The number of thioether (sulfide) groups is 1. The van der Waals surface area contributed by atoms with Crippen molar-refractivity contribution in [1.29, 1.82) is 0 Å². The van der Waals surface area contributed by atoms with Crippen molar-refractivity contribution in [2.45, 2.75) is 49.6 Å². The van der Waals surface area contributed by atoms with Crippen LogP contribution in [0, 0.1) is 0 Å². The van der Waals surface area contributed by atoms with Crippen LogP contribution in [-0.2, 0) is 5.75 Å². The topological polar surface area (TPSA) is 64.6 Å². The standard InChI is InChI=1S/C31H38Cl2N6OS/c1-23-8-4-5-14-37(23)15-7-13-34-30(40)25-10-6-9-24(20-25)22-41-31-35-28(33)21-29(36-31)39-18-16-38(17-19-39)27-12-3-2-11-26(27)32/h2-3,6,9-12,20-21,23H,4-5,7-8,13-19,22H2,1H3,(H,34,40). The van der Waals surface area contributed by atoms with E-state index in [4.69, 9.17) is 28.2 Å². The van der Waals surface area contributed by atoms with Gasteiger partial charge in [0.2, 0.25) is 0 Å². The number of piperazine rings is 1. The summed E-state index contributed by atoms with van der Waals surface area (Å²) in [5, 5.41) is 4.92. The number of nitrogens with one attached hydrogen (secondary N) is 1. The molecule has 1 atom stereocenters. The molecule has 1 N–H and O–H groups in total. The summed E-state index contributed by atoms with van der Waals surface area (Å²) < 4.78 is 0. The van der Waals surface area contributed by atoms with Crippen LogP contribution in [0.5, 0.6) is 0 Å². The molecule has 1 aromatic heterocycles. The predicted molar refractivity (Wildman–Crippen MR) is 171 cm³/mol. The molecule has 3 heterocycles. The number of halogens is 2. The van der Waals surface area contributed by atoms with Gasteiger partial charge in [-0.2, -0.15) is 0 Å². The molecule has 0 saturated carbocycles. The van der Waals surface area contributed by atoms with Gasteiger partial charge in [-0.3, -0.25) is 4.79 Å². The lowest BCUT2D eigenvalue weighted by Gasteiger charge is -2.37. The highest BCUT2D eigenvalue weighted by Gasteiger charge is 2.21. The fraction of sp³-hybridized carbons (Fsp3) is 0.452. The van der Waals surface area contributed by atoms with Gasteiger partial charge in [-0.25, -0.2) is 9.97 Å². The number of aromatic nitrogens is 2. The van der Waals surface area contributed by atoms with Crippen molar-refractivity contribution in [3.8, 4) is 0 Å². The lowest BCUT2D eigenvalue weighted by Crippen LogP contribution is -2.47. The first kappa shape index (κ1) is 30.0. The molecule has 3 aromatic rings. The Morgan fingerprint density at radius 1 is 0.976 bits per heavy atom. The van der Waals surface area contributed by atoms with Crippen molar-refractivity contribution < 1.29 is 4.79 Å². The van der Waals surface area contributed by atoms with Gasteiger partial charge in [0.05, 0.1) is 10.7 Å². The Hall–Kier alpha value is -2.52. The Kier molecular flexibility index (Phi) is 10.7. The van der Waals surface area contributed by atoms with Crippen LogP contribution in [0.2, 0.25) is 10.2 Å². The van der Waals surface area contributed by atoms with Crippen LogP contribution in [0.1, 0.15) is 48.5 Å². The summed E-state index contributed by atoms with van der Waals surface area (Å²) in [7, 11) is 0. The molecule has 2 fully saturated rings. The lowest BCUT2D eigenvalue weighted by atomic mass is 10.0. The molecule has 7 nitrogen and oxygen atoms in total. The summed E-state index contributed by atoms with van der Waals surface area (Å²) in [6, 6.07) is 18.2. The number of para-hydroxylation sites is 1. The second kappa shape index (κ2) is 14.6. The van der Waals surface area contributed by atoms with E-state index in [-0.39, 0.29) is 5.91 Å². The number of carbonyl (C=O) groups excluding carboxylic acids is 1. The van der Waals surface area contributed by atoms with Crippen molar-refractivity contribution in [2.75, 3.05) is 55.6 Å². The zero-order chi connectivity index (χ0) is 28.6. The quantitative estimate of drug-likeness (QED) is 0.123. The van der Waals surface area contributed by atoms with Crippen LogP contribution < -0.4 is 15.1 Å². The minimum atomic E-state index is -0.0271. The zero-order valence-electron chi connectivity index (χ0n) is 23.6. The third kappa shape index (κ3) is 8.28. The average Bonchev–Trinajstić information content (AvgIpc) is 2.99. The van der Waals surface area contributed by atoms with E-state index in [0.717, 1.165) is 61.2 Å². The van der Waals surface area contributed by atoms with Gasteiger partial charge < -0.3 is 20.0 Å². The monoisotopic (exact) mass is 612 g/mol. The van der Waals surface area contributed by atoms with Gasteiger partial charge in [-0.05, 0) is 62.6 Å². The van der Waals surface area contributed by atoms with E-state index in [9.17, 15) is 4.79 Å². The maximum Gasteiger partial charge on any atom is 0.251 e. The summed E-state index contributed by atoms with van der Waals surface area (Å²) >= 11 is 14.3. The number of hydrogen-bond donors (Lipinski definition) is 1. The number of nitrogens with zero attached hydrogens (tertiary/aromatic N) is 5. The van der Waals surface area contributed by atoms with E-state index in [1.165, 1.54) is 37.6 Å². The van der Waals surface area contributed by atoms with Gasteiger partial charge in [0.25, 0.3) is 5.91 Å². The van der Waals surface area contributed by atoms with Gasteiger partial charge in [0.15, 0.2) is 5.16 Å². The fourth-order valence-corrected chi connectivity index (χ4v) is 6.80. The number of likely N-dealkylation sites (tertiary alicyclic amines) is 1. The Morgan fingerprint density at radius 3 is 2.59 bits per heavy atom. The molecule has 1 amide bonds. The number of amides is 1. The van der Waals surface area contributed by atoms with Crippen LogP contribution in [0.15, 0.2) is 59.8 Å². The van der Waals surface area contributed by atoms with Crippen LogP contribution in [0.3, 0.4) is 0 Å². The van der Waals surface area contributed by atoms with Gasteiger partial charge in [-0.1, -0.05) is 65.7 Å². The molecule has 2 aliphatic rings. The van der Waals surface area contributed by atoms with Crippen LogP contribution in [0.4, 0.5) is 11.5 Å². The molecule has 0 aliphatic carbocycles. The maximum absolute atomic E-state index is 12.8. The Bertz CT molecular complexity index is 1320. The van der Waals surface area contributed by atoms with Crippen LogP contribution in [-0.4, -0.2) is 72.6 Å². The average molecular weight is 614 g/mol. The number of benzene rings is 2. The highest BCUT2D eigenvalue weighted by atomic mass is 35.5. The first-order chi connectivity index (χ1) is 20.0. The first-order valence-corrected chi connectivity index (χ1v) is 16.2. The fourth-order valence-electron chi connectivity index (χ4n) is 5.52. The molecular weight excluding hydrogens is 575 g/mol. The van der Waals surface area contributed by atoms with Gasteiger partial charge in [-0.15, -0.1) is 0 Å². The van der Waals surface area contributed by atoms with E-state index in [1.807, 2.05) is 48.5 Å². The van der Waals surface area contributed by atoms with E-state index in [2.05, 4.69) is 38.0 Å². The van der Waals surface area contributed by atoms with E-state index in [1.54, 1.807) is 0 Å². The van der Waals surface area contributed by atoms with Crippen LogP contribution >= 0.6 is 35.0 Å². The Morgan fingerprint density at radius 2 is 1.78 bits per heavy atom. The third-order valence-corrected chi connectivity index (χ3v) is 9.29. The molecule has 0 spiro atoms. The van der Waals surface area contributed by atoms with Gasteiger partial charge >= 0.3 is 0 Å². The summed E-state index contributed by atoms with van der Waals surface area (Å²) in [6.45, 7) is 8.53. The van der Waals surface area contributed by atoms with Crippen molar-refractivity contribution in [3.63, 3.8) is 0 Å². The second-order valence-electron chi connectivity index (χ2n) is 10.7. The lowest BCUT2D eigenvalue weighted by molar-refractivity contribution is 0.0948. The highest BCUT2D eigenvalue weighted by molar-refractivity contribution is 7.98. The largest absolute Gasteiger partial charge is 0.367 e. The maximum atomic E-state index is 12.8. The summed E-state index contributed by atoms with van der Waals surface area (Å²) in [5.74, 6) is 1.45. The molecule has 5 rings (SSSR count). The third-order valence-electron chi connectivity index (χ3n) is 7.86. The number of anilines is 2. The summed E-state index contributed by atoms with van der Waals surface area (Å²) in [5.41, 5.74) is 2.79. The zero-order valence-corrected chi connectivity index (χ0v) is 25.9. The highest BCUT2D eigenvalue weighted by Crippen LogP contribution is 2.29. The summed E-state index contributed by atoms with van der Waals surface area (Å²) in [4.78, 5) is 29.1. The van der Waals surface area contributed by atoms with Crippen molar-refractivity contribution in [1.82, 2.24) is 20.2 Å². The molecule has 0 radical (unpaired) electrons. The normalized spacial score (nSPS) is 18.0. The molecule has 0 bridgehead atoms. The molecule has 218 valence electrons. The number of piperidine rings is 1. The molecule has 10 heteroatoms. The number of hydrogen-bond acceptors (Lipinski definition) is 7. The van der Waals surface area contributed by atoms with Crippen molar-refractivity contribution >= 4 is 52.4 Å². The van der Waals surface area contributed by atoms with Gasteiger partial charge in [0.1, 0.15) is 11.0 Å². The second-order valence-corrected chi connectivity index (χ2v) is 12.5.